The van der Waals surface area contributed by atoms with Crippen LogP contribution in [0.5, 0.6) is 0 Å². The van der Waals surface area contributed by atoms with E-state index in [9.17, 15) is 4.79 Å². The number of nitrogens with zero attached hydrogens (tertiary/aromatic N) is 1. The Morgan fingerprint density at radius 2 is 1.84 bits per heavy atom. The summed E-state index contributed by atoms with van der Waals surface area (Å²) in [5, 5.41) is 2.98. The molecule has 0 saturated carbocycles. The van der Waals surface area contributed by atoms with Crippen LogP contribution < -0.4 is 0 Å². The molecule has 3 heteroatoms. The highest BCUT2D eigenvalue weighted by molar-refractivity contribution is 7.09. The molecule has 0 saturated heterocycles. The van der Waals surface area contributed by atoms with Crippen molar-refractivity contribution in [1.29, 1.82) is 0 Å². The minimum Gasteiger partial charge on any atom is -0.299 e. The molecule has 2 nitrogen and oxygen atoms in total. The van der Waals surface area contributed by atoms with Crippen LogP contribution in [0.15, 0.2) is 35.7 Å². The summed E-state index contributed by atoms with van der Waals surface area (Å²) in [6.45, 7) is 6.41. The molecule has 0 spiro atoms. The number of hydrogen-bond donors (Lipinski definition) is 0. The van der Waals surface area contributed by atoms with Gasteiger partial charge in [-0.25, -0.2) is 4.98 Å². The minimum atomic E-state index is 0.0528. The monoisotopic (exact) mass is 273 g/mol. The second kappa shape index (κ2) is 5.66. The van der Waals surface area contributed by atoms with Crippen LogP contribution in [-0.2, 0) is 23.1 Å². The smallest absolute Gasteiger partial charge is 0.144 e. The first kappa shape index (κ1) is 13.9. The highest BCUT2D eigenvalue weighted by atomic mass is 32.1. The number of benzene rings is 1. The lowest BCUT2D eigenvalue weighted by molar-refractivity contribution is -0.117. The molecule has 0 aliphatic heterocycles. The van der Waals surface area contributed by atoms with E-state index in [2.05, 4.69) is 31.1 Å². The van der Waals surface area contributed by atoms with Gasteiger partial charge in [0.15, 0.2) is 0 Å². The van der Waals surface area contributed by atoms with E-state index in [1.165, 1.54) is 0 Å². The van der Waals surface area contributed by atoms with Gasteiger partial charge in [0, 0.05) is 17.2 Å². The minimum absolute atomic E-state index is 0.0528. The zero-order valence-electron chi connectivity index (χ0n) is 11.6. The van der Waals surface area contributed by atoms with E-state index in [4.69, 9.17) is 0 Å². The van der Waals surface area contributed by atoms with Crippen LogP contribution in [0.4, 0.5) is 0 Å². The summed E-state index contributed by atoms with van der Waals surface area (Å²) in [5.41, 5.74) is 2.19. The van der Waals surface area contributed by atoms with Crippen LogP contribution >= 0.6 is 11.3 Å². The van der Waals surface area contributed by atoms with Gasteiger partial charge in [-0.15, -0.1) is 11.3 Å². The molecule has 0 aliphatic carbocycles. The van der Waals surface area contributed by atoms with E-state index in [1.807, 2.05) is 30.3 Å². The lowest BCUT2D eigenvalue weighted by Crippen LogP contribution is -2.12. The number of ketones is 1. The highest BCUT2D eigenvalue weighted by Gasteiger charge is 2.18. The van der Waals surface area contributed by atoms with Crippen molar-refractivity contribution in [3.63, 3.8) is 0 Å². The summed E-state index contributed by atoms with van der Waals surface area (Å²) >= 11 is 1.58. The highest BCUT2D eigenvalue weighted by Crippen LogP contribution is 2.24. The summed E-state index contributed by atoms with van der Waals surface area (Å²) in [6, 6.07) is 9.86. The molecule has 0 aliphatic rings. The standard InChI is InChI=1S/C16H19NOS/c1-16(2,3)14-11-19-15(17-14)10-13(18)9-12-7-5-4-6-8-12/h4-8,11H,9-10H2,1-3H3. The molecule has 0 fully saturated rings. The molecule has 100 valence electrons. The van der Waals surface area contributed by atoms with Gasteiger partial charge in [0.05, 0.1) is 12.1 Å². The van der Waals surface area contributed by atoms with E-state index < -0.39 is 0 Å². The van der Waals surface area contributed by atoms with Crippen molar-refractivity contribution in [1.82, 2.24) is 4.98 Å². The first-order valence-corrected chi connectivity index (χ1v) is 7.33. The van der Waals surface area contributed by atoms with Gasteiger partial charge in [-0.3, -0.25) is 4.79 Å². The Bertz CT molecular complexity index is 552. The van der Waals surface area contributed by atoms with Crippen molar-refractivity contribution in [3.05, 3.63) is 52.0 Å². The molecule has 1 aromatic heterocycles. The van der Waals surface area contributed by atoms with E-state index in [0.717, 1.165) is 16.3 Å². The summed E-state index contributed by atoms with van der Waals surface area (Å²) in [6.07, 6.45) is 0.931. The fourth-order valence-electron chi connectivity index (χ4n) is 1.79. The summed E-state index contributed by atoms with van der Waals surface area (Å²) in [4.78, 5) is 16.6. The van der Waals surface area contributed by atoms with E-state index in [-0.39, 0.29) is 11.2 Å². The molecule has 2 rings (SSSR count). The number of hydrogen-bond acceptors (Lipinski definition) is 3. The predicted molar refractivity (Wildman–Crippen MR) is 79.7 cm³/mol. The number of rotatable bonds is 4. The van der Waals surface area contributed by atoms with Crippen molar-refractivity contribution in [3.8, 4) is 0 Å². The topological polar surface area (TPSA) is 30.0 Å². The molecule has 0 N–H and O–H groups in total. The zero-order valence-corrected chi connectivity index (χ0v) is 12.5. The Morgan fingerprint density at radius 3 is 2.42 bits per heavy atom. The number of aromatic nitrogens is 1. The maximum atomic E-state index is 12.0. The number of thiazole rings is 1. The quantitative estimate of drug-likeness (QED) is 0.848. The largest absolute Gasteiger partial charge is 0.299 e. The van der Waals surface area contributed by atoms with Crippen molar-refractivity contribution in [2.75, 3.05) is 0 Å². The lowest BCUT2D eigenvalue weighted by Gasteiger charge is -2.14. The maximum absolute atomic E-state index is 12.0. The van der Waals surface area contributed by atoms with Gasteiger partial charge in [0.1, 0.15) is 10.8 Å². The lowest BCUT2D eigenvalue weighted by atomic mass is 9.93. The van der Waals surface area contributed by atoms with Crippen LogP contribution in [0.1, 0.15) is 37.0 Å². The SMILES string of the molecule is CC(C)(C)c1csc(CC(=O)Cc2ccccc2)n1. The maximum Gasteiger partial charge on any atom is 0.144 e. The number of carbonyl (C=O) groups excluding carboxylic acids is 1. The second-order valence-corrected chi connectivity index (χ2v) is 6.70. The Morgan fingerprint density at radius 1 is 1.16 bits per heavy atom. The van der Waals surface area contributed by atoms with Crippen LogP contribution in [0.2, 0.25) is 0 Å². The number of Topliss-reactive ketones (excluding diaryl/α,β-unsaturated/α-hetero) is 1. The Balaban J connectivity index is 1.98. The van der Waals surface area contributed by atoms with E-state index in [1.54, 1.807) is 11.3 Å². The average Bonchev–Trinajstić information content (AvgIpc) is 2.78. The van der Waals surface area contributed by atoms with Gasteiger partial charge in [-0.05, 0) is 5.56 Å². The molecular formula is C16H19NOS. The fraction of sp³-hybridized carbons (Fsp3) is 0.375. The van der Waals surface area contributed by atoms with Crippen molar-refractivity contribution >= 4 is 17.1 Å². The summed E-state index contributed by atoms with van der Waals surface area (Å²) in [5.74, 6) is 0.223. The van der Waals surface area contributed by atoms with Gasteiger partial charge >= 0.3 is 0 Å². The fourth-order valence-corrected chi connectivity index (χ4v) is 2.84. The van der Waals surface area contributed by atoms with Gasteiger partial charge in [-0.1, -0.05) is 51.1 Å². The Labute approximate surface area is 118 Å². The van der Waals surface area contributed by atoms with Gasteiger partial charge < -0.3 is 0 Å². The molecule has 1 aromatic carbocycles. The van der Waals surface area contributed by atoms with Crippen LogP contribution in [0.25, 0.3) is 0 Å². The summed E-state index contributed by atoms with van der Waals surface area (Å²) < 4.78 is 0. The molecule has 1 heterocycles. The van der Waals surface area contributed by atoms with Crippen LogP contribution in [0.3, 0.4) is 0 Å². The Hall–Kier alpha value is -1.48. The van der Waals surface area contributed by atoms with Crippen molar-refractivity contribution in [2.45, 2.75) is 39.0 Å². The second-order valence-electron chi connectivity index (χ2n) is 5.75. The molecule has 2 aromatic rings. The predicted octanol–water partition coefficient (Wildman–Crippen LogP) is 3.79. The van der Waals surface area contributed by atoms with Gasteiger partial charge in [-0.2, -0.15) is 0 Å². The normalized spacial score (nSPS) is 11.5. The first-order valence-electron chi connectivity index (χ1n) is 6.45. The third-order valence-electron chi connectivity index (χ3n) is 2.91. The first-order chi connectivity index (χ1) is 8.95. The number of carbonyl (C=O) groups is 1. The molecule has 19 heavy (non-hydrogen) atoms. The van der Waals surface area contributed by atoms with Gasteiger partial charge in [0.2, 0.25) is 0 Å². The van der Waals surface area contributed by atoms with Gasteiger partial charge in [0.25, 0.3) is 0 Å². The zero-order chi connectivity index (χ0) is 13.9. The van der Waals surface area contributed by atoms with E-state index in [0.29, 0.717) is 12.8 Å². The molecule has 0 amide bonds. The molecule has 0 unspecified atom stereocenters. The Kier molecular flexibility index (Phi) is 4.15. The molecular weight excluding hydrogens is 254 g/mol. The molecule has 0 bridgehead atoms. The van der Waals surface area contributed by atoms with Crippen LogP contribution in [-0.4, -0.2) is 10.8 Å². The van der Waals surface area contributed by atoms with Crippen molar-refractivity contribution in [2.24, 2.45) is 0 Å². The van der Waals surface area contributed by atoms with E-state index >= 15 is 0 Å². The van der Waals surface area contributed by atoms with Crippen LogP contribution in [0, 0.1) is 0 Å². The molecule has 0 radical (unpaired) electrons. The third kappa shape index (κ3) is 4.00. The van der Waals surface area contributed by atoms with Crippen molar-refractivity contribution < 1.29 is 4.79 Å². The summed E-state index contributed by atoms with van der Waals surface area (Å²) in [7, 11) is 0. The average molecular weight is 273 g/mol. The molecule has 0 atom stereocenters. The third-order valence-corrected chi connectivity index (χ3v) is 3.76.